The fraction of sp³-hybridized carbons (Fsp3) is 1.00. The van der Waals surface area contributed by atoms with Crippen LogP contribution in [0.1, 0.15) is 20.8 Å². The van der Waals surface area contributed by atoms with Crippen LogP contribution >= 0.6 is 0 Å². The molecule has 0 saturated carbocycles. The van der Waals surface area contributed by atoms with Crippen molar-refractivity contribution in [3.63, 3.8) is 0 Å². The predicted molar refractivity (Wildman–Crippen MR) is 59.0 cm³/mol. The van der Waals surface area contributed by atoms with Crippen molar-refractivity contribution in [3.8, 4) is 0 Å². The largest absolute Gasteiger partial charge is 0.351 e. The lowest BCUT2D eigenvalue weighted by Crippen LogP contribution is -2.50. The van der Waals surface area contributed by atoms with Crippen LogP contribution in [0.4, 0.5) is 0 Å². The van der Waals surface area contributed by atoms with Crippen molar-refractivity contribution in [3.05, 3.63) is 0 Å². The topological polar surface area (TPSA) is 3.24 Å². The molecule has 0 aliphatic rings. The Hall–Kier alpha value is 0.611. The van der Waals surface area contributed by atoms with E-state index in [1.165, 1.54) is 9.76 Å². The van der Waals surface area contributed by atoms with E-state index in [-0.39, 0.29) is 9.20 Å². The smallest absolute Gasteiger partial charge is 0.0980 e. The van der Waals surface area contributed by atoms with Crippen molar-refractivity contribution >= 4 is 27.9 Å². The van der Waals surface area contributed by atoms with Gasteiger partial charge in [0.2, 0.25) is 0 Å². The molecule has 0 aromatic carbocycles. The maximum Gasteiger partial charge on any atom is 0.0980 e. The van der Waals surface area contributed by atoms with Crippen LogP contribution in [-0.2, 0) is 0 Å². The van der Waals surface area contributed by atoms with Crippen molar-refractivity contribution in [2.75, 3.05) is 0 Å². The zero-order valence-corrected chi connectivity index (χ0v) is 12.8. The molecule has 10 heavy (non-hydrogen) atoms. The van der Waals surface area contributed by atoms with E-state index in [9.17, 15) is 0 Å². The molecular formula is C6H21NSi3. The van der Waals surface area contributed by atoms with Crippen LogP contribution in [-0.4, -0.2) is 37.7 Å². The van der Waals surface area contributed by atoms with Crippen LogP contribution < -0.4 is 0 Å². The van der Waals surface area contributed by atoms with Gasteiger partial charge in [-0.3, -0.25) is 0 Å². The average Bonchev–Trinajstić information content (AvgIpc) is 1.60. The SMILES string of the molecule is C[SiH](C)N([SiH2][SiH3])C(C)(C)C. The van der Waals surface area contributed by atoms with Crippen molar-refractivity contribution < 1.29 is 0 Å². The van der Waals surface area contributed by atoms with Crippen LogP contribution in [0.15, 0.2) is 0 Å². The van der Waals surface area contributed by atoms with Gasteiger partial charge in [-0.05, 0) is 26.3 Å². The lowest BCUT2D eigenvalue weighted by atomic mass is 10.1. The molecule has 0 bridgehead atoms. The molecular weight excluding hydrogens is 170 g/mol. The van der Waals surface area contributed by atoms with Gasteiger partial charge in [0.1, 0.15) is 0 Å². The number of hydrogen-bond donors (Lipinski definition) is 0. The summed E-state index contributed by atoms with van der Waals surface area (Å²) in [7, 11) is 1.18. The van der Waals surface area contributed by atoms with E-state index in [2.05, 4.69) is 38.1 Å². The molecule has 0 aliphatic carbocycles. The average molecular weight is 191 g/mol. The molecule has 0 spiro atoms. The highest BCUT2D eigenvalue weighted by molar-refractivity contribution is 6.92. The monoisotopic (exact) mass is 191 g/mol. The van der Waals surface area contributed by atoms with Crippen molar-refractivity contribution in [1.29, 1.82) is 0 Å². The van der Waals surface area contributed by atoms with Gasteiger partial charge in [-0.1, -0.05) is 13.1 Å². The molecule has 0 N–H and O–H groups in total. The lowest BCUT2D eigenvalue weighted by Gasteiger charge is -2.38. The van der Waals surface area contributed by atoms with Crippen LogP contribution in [0.2, 0.25) is 13.1 Å². The molecule has 0 fully saturated rings. The van der Waals surface area contributed by atoms with E-state index in [1.54, 1.807) is 0 Å². The summed E-state index contributed by atoms with van der Waals surface area (Å²) in [5.41, 5.74) is 0.481. The Kier molecular flexibility index (Phi) is 4.08. The van der Waals surface area contributed by atoms with Crippen LogP contribution in [0.25, 0.3) is 0 Å². The Labute approximate surface area is 72.0 Å². The third-order valence-electron chi connectivity index (χ3n) is 1.83. The molecule has 0 aromatic heterocycles. The first kappa shape index (κ1) is 10.6. The van der Waals surface area contributed by atoms with Crippen molar-refractivity contribution in [2.24, 2.45) is 0 Å². The number of hydrogen-bond acceptors (Lipinski definition) is 1. The molecule has 0 rings (SSSR count). The number of rotatable bonds is 2. The second-order valence-corrected chi connectivity index (χ2v) is 10.8. The summed E-state index contributed by atoms with van der Waals surface area (Å²) in [5, 5.41) is 0. The Bertz CT molecular complexity index is 97.7. The van der Waals surface area contributed by atoms with Crippen LogP contribution in [0, 0.1) is 0 Å². The predicted octanol–water partition coefficient (Wildman–Crippen LogP) is -0.566. The van der Waals surface area contributed by atoms with Crippen LogP contribution in [0.3, 0.4) is 0 Å². The van der Waals surface area contributed by atoms with Crippen molar-refractivity contribution in [2.45, 2.75) is 39.4 Å². The molecule has 1 nitrogen and oxygen atoms in total. The quantitative estimate of drug-likeness (QED) is 0.529. The minimum atomic E-state index is -0.481. The summed E-state index contributed by atoms with van der Waals surface area (Å²) in [6, 6.07) is 0. The van der Waals surface area contributed by atoms with E-state index in [0.29, 0.717) is 5.54 Å². The van der Waals surface area contributed by atoms with E-state index in [4.69, 9.17) is 0 Å². The molecule has 0 aliphatic heterocycles. The first-order chi connectivity index (χ1) is 4.39. The third-order valence-corrected chi connectivity index (χ3v) is 13.0. The minimum absolute atomic E-state index is 0.210. The van der Waals surface area contributed by atoms with Gasteiger partial charge < -0.3 is 4.23 Å². The first-order valence-electron chi connectivity index (χ1n) is 4.16. The summed E-state index contributed by atoms with van der Waals surface area (Å²) in [6.07, 6.45) is 0. The fourth-order valence-corrected chi connectivity index (χ4v) is 16.5. The second kappa shape index (κ2) is 3.85. The Morgan fingerprint density at radius 1 is 1.30 bits per heavy atom. The maximum atomic E-state index is 2.82. The zero-order valence-electron chi connectivity index (χ0n) is 8.23. The molecule has 0 atom stereocenters. The van der Waals surface area contributed by atoms with E-state index in [1.807, 2.05) is 0 Å². The summed E-state index contributed by atoms with van der Waals surface area (Å²) in [4.78, 5) is 0. The Morgan fingerprint density at radius 3 is 1.70 bits per heavy atom. The standard InChI is InChI=1S/C6H21NSi3/c1-6(2,3)7(9-8)10(4)5/h10H,9H2,1-5,8H3. The normalized spacial score (nSPS) is 14.7. The molecule has 62 valence electrons. The molecule has 4 heteroatoms. The first-order valence-corrected chi connectivity index (χ1v) is 13.3. The van der Waals surface area contributed by atoms with Gasteiger partial charge in [0.05, 0.1) is 18.2 Å². The van der Waals surface area contributed by atoms with Crippen LogP contribution in [0.5, 0.6) is 0 Å². The second-order valence-electron chi connectivity index (χ2n) is 4.05. The highest BCUT2D eigenvalue weighted by atomic mass is 29.1. The zero-order chi connectivity index (χ0) is 8.36. The molecule has 0 unspecified atom stereocenters. The van der Waals surface area contributed by atoms with E-state index < -0.39 is 8.96 Å². The Balaban J connectivity index is 4.07. The third kappa shape index (κ3) is 3.14. The molecule has 0 radical (unpaired) electrons. The van der Waals surface area contributed by atoms with E-state index in [0.717, 1.165) is 0 Å². The lowest BCUT2D eigenvalue weighted by molar-refractivity contribution is 0.374. The highest BCUT2D eigenvalue weighted by Crippen LogP contribution is 2.12. The van der Waals surface area contributed by atoms with Gasteiger partial charge in [0.25, 0.3) is 0 Å². The highest BCUT2D eigenvalue weighted by Gasteiger charge is 2.21. The Morgan fingerprint density at radius 2 is 1.70 bits per heavy atom. The summed E-state index contributed by atoms with van der Waals surface area (Å²) in [6.45, 7) is 11.9. The molecule has 0 aromatic rings. The van der Waals surface area contributed by atoms with Gasteiger partial charge in [0.15, 0.2) is 0 Å². The van der Waals surface area contributed by atoms with Gasteiger partial charge in [-0.25, -0.2) is 0 Å². The van der Waals surface area contributed by atoms with E-state index >= 15 is 0 Å². The molecule has 0 saturated heterocycles. The minimum Gasteiger partial charge on any atom is -0.351 e. The van der Waals surface area contributed by atoms with Gasteiger partial charge in [-0.2, -0.15) is 0 Å². The van der Waals surface area contributed by atoms with Gasteiger partial charge in [-0.15, -0.1) is 0 Å². The molecule has 0 heterocycles. The van der Waals surface area contributed by atoms with Gasteiger partial charge in [0, 0.05) is 9.76 Å². The fourth-order valence-electron chi connectivity index (χ4n) is 1.61. The summed E-state index contributed by atoms with van der Waals surface area (Å²) < 4.78 is 2.82. The summed E-state index contributed by atoms with van der Waals surface area (Å²) in [5.74, 6) is 0. The summed E-state index contributed by atoms with van der Waals surface area (Å²) >= 11 is 0. The number of nitrogens with zero attached hydrogens (tertiary/aromatic N) is 1. The maximum absolute atomic E-state index is 2.82. The van der Waals surface area contributed by atoms with Crippen molar-refractivity contribution in [1.82, 2.24) is 4.23 Å². The molecule has 0 amide bonds. The van der Waals surface area contributed by atoms with Gasteiger partial charge >= 0.3 is 0 Å².